The Hall–Kier alpha value is -0.530. The van der Waals surface area contributed by atoms with Gasteiger partial charge in [-0.3, -0.25) is 4.79 Å². The molecule has 1 atom stereocenters. The Morgan fingerprint density at radius 3 is 1.75 bits per heavy atom. The van der Waals surface area contributed by atoms with Crippen LogP contribution < -0.4 is 0 Å². The normalized spacial score (nSPS) is 26.2. The average Bonchev–Trinajstić information content (AvgIpc) is 2.44. The molecule has 1 unspecified atom stereocenters. The van der Waals surface area contributed by atoms with Gasteiger partial charge in [-0.2, -0.15) is 0 Å². The van der Waals surface area contributed by atoms with Crippen molar-refractivity contribution in [1.82, 2.24) is 0 Å². The van der Waals surface area contributed by atoms with Crippen LogP contribution in [-0.4, -0.2) is 12.6 Å². The van der Waals surface area contributed by atoms with Gasteiger partial charge in [0, 0.05) is 6.42 Å². The molecule has 0 spiro atoms. The second kappa shape index (κ2) is 12.2. The lowest BCUT2D eigenvalue weighted by Crippen LogP contribution is -2.11. The fraction of sp³-hybridized carbons (Fsp3) is 0.944. The lowest BCUT2D eigenvalue weighted by molar-refractivity contribution is -0.145. The summed E-state index contributed by atoms with van der Waals surface area (Å²) in [6.07, 6.45) is 17.7. The molecule has 1 aliphatic rings. The fourth-order valence-electron chi connectivity index (χ4n) is 2.92. The van der Waals surface area contributed by atoms with Crippen molar-refractivity contribution in [3.63, 3.8) is 0 Å². The molecule has 0 N–H and O–H groups in total. The van der Waals surface area contributed by atoms with Gasteiger partial charge in [-0.1, -0.05) is 77.6 Å². The topological polar surface area (TPSA) is 26.3 Å². The summed E-state index contributed by atoms with van der Waals surface area (Å²) in [5, 5.41) is 0. The van der Waals surface area contributed by atoms with Gasteiger partial charge in [-0.15, -0.1) is 0 Å². The molecule has 0 radical (unpaired) electrons. The zero-order valence-electron chi connectivity index (χ0n) is 13.5. The van der Waals surface area contributed by atoms with Crippen LogP contribution in [0.3, 0.4) is 0 Å². The van der Waals surface area contributed by atoms with Crippen LogP contribution in [-0.2, 0) is 9.53 Å². The molecule has 1 rings (SSSR count). The first kappa shape index (κ1) is 17.5. The minimum absolute atomic E-state index is 0.0120. The van der Waals surface area contributed by atoms with E-state index in [4.69, 9.17) is 4.74 Å². The zero-order valence-corrected chi connectivity index (χ0v) is 13.5. The van der Waals surface area contributed by atoms with E-state index in [9.17, 15) is 4.79 Å². The van der Waals surface area contributed by atoms with Crippen LogP contribution in [0.4, 0.5) is 0 Å². The molecule has 1 aliphatic heterocycles. The highest BCUT2D eigenvalue weighted by Gasteiger charge is 2.07. The Morgan fingerprint density at radius 1 is 0.750 bits per heavy atom. The van der Waals surface area contributed by atoms with E-state index in [-0.39, 0.29) is 5.97 Å². The molecule has 0 saturated carbocycles. The van der Waals surface area contributed by atoms with Crippen LogP contribution in [0.5, 0.6) is 0 Å². The summed E-state index contributed by atoms with van der Waals surface area (Å²) in [7, 11) is 0. The second-order valence-corrected chi connectivity index (χ2v) is 6.57. The van der Waals surface area contributed by atoms with Crippen molar-refractivity contribution in [2.24, 2.45) is 5.92 Å². The van der Waals surface area contributed by atoms with Crippen molar-refractivity contribution in [3.8, 4) is 0 Å². The van der Waals surface area contributed by atoms with Gasteiger partial charge in [0.05, 0.1) is 6.61 Å². The Balaban J connectivity index is 2.19. The van der Waals surface area contributed by atoms with Gasteiger partial charge in [0.15, 0.2) is 0 Å². The first-order chi connectivity index (χ1) is 9.79. The lowest BCUT2D eigenvalue weighted by atomic mass is 10.0. The summed E-state index contributed by atoms with van der Waals surface area (Å²) in [5.41, 5.74) is 0. The molecular formula is C18H34O2. The summed E-state index contributed by atoms with van der Waals surface area (Å²) in [4.78, 5) is 11.6. The molecular weight excluding hydrogens is 248 g/mol. The standard InChI is InChI=1S/C18H34O2/c1-17-14-12-10-8-6-4-2-3-5-7-9-11-13-15-18(19)20-16-17/h17H,2-16H2,1H3. The summed E-state index contributed by atoms with van der Waals surface area (Å²) < 4.78 is 5.36. The van der Waals surface area contributed by atoms with Crippen molar-refractivity contribution in [2.45, 2.75) is 96.8 Å². The smallest absolute Gasteiger partial charge is 0.305 e. The average molecular weight is 282 g/mol. The Bertz CT molecular complexity index is 238. The largest absolute Gasteiger partial charge is 0.465 e. The molecule has 1 saturated heterocycles. The van der Waals surface area contributed by atoms with Gasteiger partial charge in [0.2, 0.25) is 0 Å². The van der Waals surface area contributed by atoms with Crippen LogP contribution in [0.2, 0.25) is 0 Å². The van der Waals surface area contributed by atoms with E-state index >= 15 is 0 Å². The highest BCUT2D eigenvalue weighted by Crippen LogP contribution is 2.15. The van der Waals surface area contributed by atoms with Crippen LogP contribution in [0.15, 0.2) is 0 Å². The SMILES string of the molecule is CC1CCCCCCCCCCCCCCC(=O)OC1. The Kier molecular flexibility index (Phi) is 10.7. The van der Waals surface area contributed by atoms with Gasteiger partial charge in [0.25, 0.3) is 0 Å². The van der Waals surface area contributed by atoms with Crippen molar-refractivity contribution in [2.75, 3.05) is 6.61 Å². The molecule has 0 bridgehead atoms. The number of esters is 1. The maximum atomic E-state index is 11.6. The molecule has 1 fully saturated rings. The highest BCUT2D eigenvalue weighted by molar-refractivity contribution is 5.69. The van der Waals surface area contributed by atoms with Crippen LogP contribution >= 0.6 is 0 Å². The maximum Gasteiger partial charge on any atom is 0.305 e. The second-order valence-electron chi connectivity index (χ2n) is 6.57. The fourth-order valence-corrected chi connectivity index (χ4v) is 2.92. The third kappa shape index (κ3) is 10.3. The minimum atomic E-state index is 0.0120. The Morgan fingerprint density at radius 2 is 1.20 bits per heavy atom. The lowest BCUT2D eigenvalue weighted by Gasteiger charge is -2.12. The van der Waals surface area contributed by atoms with E-state index < -0.39 is 0 Å². The third-order valence-corrected chi connectivity index (χ3v) is 4.36. The van der Waals surface area contributed by atoms with Crippen LogP contribution in [0.1, 0.15) is 96.8 Å². The molecule has 0 aromatic heterocycles. The number of rotatable bonds is 0. The summed E-state index contributed by atoms with van der Waals surface area (Å²) in [6, 6.07) is 0. The molecule has 0 aliphatic carbocycles. The molecule has 118 valence electrons. The van der Waals surface area contributed by atoms with E-state index in [0.29, 0.717) is 18.9 Å². The molecule has 1 heterocycles. The number of carbonyl (C=O) groups excluding carboxylic acids is 1. The molecule has 2 heteroatoms. The zero-order chi connectivity index (χ0) is 14.5. The molecule has 2 nitrogen and oxygen atoms in total. The molecule has 20 heavy (non-hydrogen) atoms. The predicted octanol–water partition coefficient (Wildman–Crippen LogP) is 5.64. The minimum Gasteiger partial charge on any atom is -0.465 e. The predicted molar refractivity (Wildman–Crippen MR) is 84.8 cm³/mol. The highest BCUT2D eigenvalue weighted by atomic mass is 16.5. The maximum absolute atomic E-state index is 11.6. The number of cyclic esters (lactones) is 1. The summed E-state index contributed by atoms with van der Waals surface area (Å²) in [6.45, 7) is 2.82. The van der Waals surface area contributed by atoms with Crippen molar-refractivity contribution in [3.05, 3.63) is 0 Å². The van der Waals surface area contributed by atoms with Gasteiger partial charge in [0.1, 0.15) is 0 Å². The molecule has 0 amide bonds. The monoisotopic (exact) mass is 282 g/mol. The number of hydrogen-bond acceptors (Lipinski definition) is 2. The van der Waals surface area contributed by atoms with Gasteiger partial charge >= 0.3 is 5.97 Å². The van der Waals surface area contributed by atoms with Crippen LogP contribution in [0.25, 0.3) is 0 Å². The number of carbonyl (C=O) groups is 1. The van der Waals surface area contributed by atoms with Gasteiger partial charge in [-0.05, 0) is 18.8 Å². The van der Waals surface area contributed by atoms with Crippen molar-refractivity contribution < 1.29 is 9.53 Å². The Labute approximate surface area is 125 Å². The quantitative estimate of drug-likeness (QED) is 0.537. The van der Waals surface area contributed by atoms with Crippen LogP contribution in [0, 0.1) is 5.92 Å². The molecule has 0 aromatic rings. The van der Waals surface area contributed by atoms with E-state index in [0.717, 1.165) is 6.42 Å². The first-order valence-corrected chi connectivity index (χ1v) is 8.94. The van der Waals surface area contributed by atoms with Gasteiger partial charge < -0.3 is 4.74 Å². The first-order valence-electron chi connectivity index (χ1n) is 8.94. The van der Waals surface area contributed by atoms with Gasteiger partial charge in [-0.25, -0.2) is 0 Å². The van der Waals surface area contributed by atoms with E-state index in [1.165, 1.54) is 77.0 Å². The van der Waals surface area contributed by atoms with E-state index in [1.54, 1.807) is 0 Å². The number of ether oxygens (including phenoxy) is 1. The molecule has 0 aromatic carbocycles. The summed E-state index contributed by atoms with van der Waals surface area (Å²) >= 11 is 0. The number of hydrogen-bond donors (Lipinski definition) is 0. The van der Waals surface area contributed by atoms with E-state index in [1.807, 2.05) is 0 Å². The van der Waals surface area contributed by atoms with E-state index in [2.05, 4.69) is 6.92 Å². The third-order valence-electron chi connectivity index (χ3n) is 4.36. The summed E-state index contributed by atoms with van der Waals surface area (Å²) in [5.74, 6) is 0.538. The van der Waals surface area contributed by atoms with Crippen molar-refractivity contribution >= 4 is 5.97 Å². The van der Waals surface area contributed by atoms with Crippen molar-refractivity contribution in [1.29, 1.82) is 0 Å².